The third-order valence-electron chi connectivity index (χ3n) is 2.01. The van der Waals surface area contributed by atoms with Gasteiger partial charge in [-0.3, -0.25) is 0 Å². The van der Waals surface area contributed by atoms with Crippen molar-refractivity contribution in [2.24, 2.45) is 0 Å². The molecule has 0 saturated heterocycles. The van der Waals surface area contributed by atoms with E-state index in [0.29, 0.717) is 6.42 Å². The van der Waals surface area contributed by atoms with Gasteiger partial charge in [0.25, 0.3) is 0 Å². The normalized spacial score (nSPS) is 11.1. The van der Waals surface area contributed by atoms with Crippen molar-refractivity contribution in [1.29, 1.82) is 5.26 Å². The maximum absolute atomic E-state index is 8.39. The lowest BCUT2D eigenvalue weighted by molar-refractivity contribution is 1.06. The summed E-state index contributed by atoms with van der Waals surface area (Å²) in [6.07, 6.45) is 3.46. The molecule has 2 heteroatoms. The van der Waals surface area contributed by atoms with Crippen LogP contribution in [0.1, 0.15) is 25.3 Å². The average molecular weight is 206 g/mol. The summed E-state index contributed by atoms with van der Waals surface area (Å²) in [5.41, 5.74) is 2.35. The van der Waals surface area contributed by atoms with Gasteiger partial charge in [-0.15, -0.1) is 0 Å². The first-order chi connectivity index (χ1) is 6.74. The molecule has 0 spiro atoms. The number of unbranched alkanes of at least 4 members (excludes halogenated alkanes) is 1. The van der Waals surface area contributed by atoms with Crippen LogP contribution in [0.2, 0.25) is 5.02 Å². The molecule has 0 saturated carbocycles. The predicted octanol–water partition coefficient (Wildman–Crippen LogP) is 4.05. The van der Waals surface area contributed by atoms with Crippen LogP contribution >= 0.6 is 11.6 Å². The lowest BCUT2D eigenvalue weighted by Gasteiger charge is -2.00. The van der Waals surface area contributed by atoms with Crippen LogP contribution in [0.15, 0.2) is 30.3 Å². The maximum Gasteiger partial charge on any atom is 0.0625 e. The van der Waals surface area contributed by atoms with E-state index in [-0.39, 0.29) is 0 Å². The van der Waals surface area contributed by atoms with Crippen LogP contribution in [0, 0.1) is 11.3 Å². The van der Waals surface area contributed by atoms with Crippen LogP contribution in [-0.4, -0.2) is 0 Å². The van der Waals surface area contributed by atoms with Gasteiger partial charge in [-0.05, 0) is 36.6 Å². The van der Waals surface area contributed by atoms with Gasteiger partial charge in [0.1, 0.15) is 0 Å². The molecule has 0 heterocycles. The summed E-state index contributed by atoms with van der Waals surface area (Å²) in [6, 6.07) is 9.84. The number of nitrogens with zero attached hydrogens (tertiary/aromatic N) is 1. The zero-order valence-corrected chi connectivity index (χ0v) is 8.88. The van der Waals surface area contributed by atoms with Crippen LogP contribution in [0.3, 0.4) is 0 Å². The van der Waals surface area contributed by atoms with Crippen molar-refractivity contribution >= 4 is 17.2 Å². The van der Waals surface area contributed by atoms with Crippen molar-refractivity contribution in [1.82, 2.24) is 0 Å². The van der Waals surface area contributed by atoms with Crippen LogP contribution < -0.4 is 0 Å². The molecule has 1 aromatic carbocycles. The Hall–Kier alpha value is -1.26. The smallest absolute Gasteiger partial charge is 0.0625 e. The fraction of sp³-hybridized carbons (Fsp3) is 0.250. The number of rotatable bonds is 3. The van der Waals surface area contributed by atoms with Crippen LogP contribution in [0.25, 0.3) is 5.57 Å². The quantitative estimate of drug-likeness (QED) is 0.683. The molecule has 0 aliphatic carbocycles. The largest absolute Gasteiger partial charge is 0.198 e. The van der Waals surface area contributed by atoms with E-state index >= 15 is 0 Å². The highest BCUT2D eigenvalue weighted by Crippen LogP contribution is 2.17. The Morgan fingerprint density at radius 1 is 1.43 bits per heavy atom. The van der Waals surface area contributed by atoms with E-state index in [1.54, 1.807) is 0 Å². The molecule has 0 fully saturated rings. The van der Waals surface area contributed by atoms with Crippen molar-refractivity contribution in [3.63, 3.8) is 0 Å². The molecule has 0 bridgehead atoms. The molecule has 72 valence electrons. The first-order valence-corrected chi connectivity index (χ1v) is 4.91. The highest BCUT2D eigenvalue weighted by molar-refractivity contribution is 6.30. The summed E-state index contributed by atoms with van der Waals surface area (Å²) in [4.78, 5) is 0. The summed E-state index contributed by atoms with van der Waals surface area (Å²) >= 11 is 5.78. The predicted molar refractivity (Wildman–Crippen MR) is 60.0 cm³/mol. The lowest BCUT2D eigenvalue weighted by atomic mass is 10.1. The number of hydrogen-bond acceptors (Lipinski definition) is 1. The highest BCUT2D eigenvalue weighted by atomic mass is 35.5. The van der Waals surface area contributed by atoms with E-state index in [2.05, 4.69) is 12.1 Å². The molecule has 1 rings (SSSR count). The Morgan fingerprint density at radius 2 is 2.07 bits per heavy atom. The van der Waals surface area contributed by atoms with Gasteiger partial charge in [0.15, 0.2) is 0 Å². The van der Waals surface area contributed by atoms with Crippen LogP contribution in [-0.2, 0) is 0 Å². The second kappa shape index (κ2) is 5.47. The van der Waals surface area contributed by atoms with E-state index in [9.17, 15) is 0 Å². The van der Waals surface area contributed by atoms with Gasteiger partial charge in [0.05, 0.1) is 6.07 Å². The molecule has 0 radical (unpaired) electrons. The van der Waals surface area contributed by atoms with E-state index in [4.69, 9.17) is 16.9 Å². The first-order valence-electron chi connectivity index (χ1n) is 4.53. The second-order valence-corrected chi connectivity index (χ2v) is 3.53. The van der Waals surface area contributed by atoms with Gasteiger partial charge in [-0.2, -0.15) is 5.26 Å². The Morgan fingerprint density at radius 3 is 2.64 bits per heavy atom. The third-order valence-corrected chi connectivity index (χ3v) is 2.26. The van der Waals surface area contributed by atoms with Crippen molar-refractivity contribution in [2.75, 3.05) is 0 Å². The Kier molecular flexibility index (Phi) is 4.22. The SMILES string of the molecule is CC(=CCCC#N)c1ccc(Cl)cc1. The zero-order chi connectivity index (χ0) is 10.4. The van der Waals surface area contributed by atoms with Crippen molar-refractivity contribution < 1.29 is 0 Å². The molecule has 0 N–H and O–H groups in total. The van der Waals surface area contributed by atoms with Crippen LogP contribution in [0.4, 0.5) is 0 Å². The summed E-state index contributed by atoms with van der Waals surface area (Å²) in [5, 5.41) is 9.14. The monoisotopic (exact) mass is 205 g/mol. The Labute approximate surface area is 89.6 Å². The topological polar surface area (TPSA) is 23.8 Å². The zero-order valence-electron chi connectivity index (χ0n) is 8.13. The minimum atomic E-state index is 0.574. The van der Waals surface area contributed by atoms with Gasteiger partial charge >= 0.3 is 0 Å². The number of halogens is 1. The minimum absolute atomic E-state index is 0.574. The van der Waals surface area contributed by atoms with Gasteiger partial charge in [0, 0.05) is 11.4 Å². The Balaban J connectivity index is 2.70. The van der Waals surface area contributed by atoms with Crippen molar-refractivity contribution in [3.8, 4) is 6.07 Å². The molecule has 1 nitrogen and oxygen atoms in total. The van der Waals surface area contributed by atoms with Gasteiger partial charge in [-0.1, -0.05) is 29.8 Å². The molecule has 0 amide bonds. The molecule has 0 aliphatic rings. The molecule has 14 heavy (non-hydrogen) atoms. The summed E-state index contributed by atoms with van der Waals surface area (Å²) in [6.45, 7) is 2.04. The molecule has 1 aromatic rings. The molecular formula is C12H12ClN. The molecule has 0 atom stereocenters. The van der Waals surface area contributed by atoms with Gasteiger partial charge in [0.2, 0.25) is 0 Å². The summed E-state index contributed by atoms with van der Waals surface area (Å²) in [7, 11) is 0. The summed E-state index contributed by atoms with van der Waals surface area (Å²) in [5.74, 6) is 0. The average Bonchev–Trinajstić information content (AvgIpc) is 2.19. The highest BCUT2D eigenvalue weighted by Gasteiger charge is 1.94. The van der Waals surface area contributed by atoms with Gasteiger partial charge < -0.3 is 0 Å². The molecule has 0 aliphatic heterocycles. The fourth-order valence-electron chi connectivity index (χ4n) is 1.18. The number of benzene rings is 1. The standard InChI is InChI=1S/C12H12ClN/c1-10(4-2-3-9-14)11-5-7-12(13)8-6-11/h4-8H,2-3H2,1H3. The van der Waals surface area contributed by atoms with Crippen molar-refractivity contribution in [3.05, 3.63) is 40.9 Å². The maximum atomic E-state index is 8.39. The molecular weight excluding hydrogens is 194 g/mol. The molecule has 0 unspecified atom stereocenters. The van der Waals surface area contributed by atoms with E-state index < -0.39 is 0 Å². The molecule has 0 aromatic heterocycles. The lowest BCUT2D eigenvalue weighted by Crippen LogP contribution is -1.78. The number of hydrogen-bond donors (Lipinski definition) is 0. The van der Waals surface area contributed by atoms with E-state index in [1.165, 1.54) is 5.57 Å². The third kappa shape index (κ3) is 3.24. The van der Waals surface area contributed by atoms with Gasteiger partial charge in [-0.25, -0.2) is 0 Å². The van der Waals surface area contributed by atoms with E-state index in [1.807, 2.05) is 31.2 Å². The minimum Gasteiger partial charge on any atom is -0.198 e. The van der Waals surface area contributed by atoms with E-state index in [0.717, 1.165) is 17.0 Å². The van der Waals surface area contributed by atoms with Crippen LogP contribution in [0.5, 0.6) is 0 Å². The number of allylic oxidation sites excluding steroid dienone is 2. The summed E-state index contributed by atoms with van der Waals surface area (Å²) < 4.78 is 0. The van der Waals surface area contributed by atoms with Crippen molar-refractivity contribution in [2.45, 2.75) is 19.8 Å². The second-order valence-electron chi connectivity index (χ2n) is 3.09. The first kappa shape index (κ1) is 10.8. The Bertz CT molecular complexity index is 357. The fourth-order valence-corrected chi connectivity index (χ4v) is 1.31. The number of nitriles is 1.